The van der Waals surface area contributed by atoms with Gasteiger partial charge in [0, 0.05) is 6.54 Å². The van der Waals surface area contributed by atoms with Crippen LogP contribution in [0.3, 0.4) is 0 Å². The van der Waals surface area contributed by atoms with Crippen LogP contribution in [0, 0.1) is 5.82 Å². The van der Waals surface area contributed by atoms with Crippen LogP contribution in [0.2, 0.25) is 0 Å². The van der Waals surface area contributed by atoms with Gasteiger partial charge in [-0.25, -0.2) is 4.39 Å². The number of amides is 1. The van der Waals surface area contributed by atoms with Crippen LogP contribution in [0.4, 0.5) is 17.6 Å². The van der Waals surface area contributed by atoms with Crippen LogP contribution in [0.5, 0.6) is 0 Å². The van der Waals surface area contributed by atoms with Crippen molar-refractivity contribution in [2.24, 2.45) is 0 Å². The van der Waals surface area contributed by atoms with Crippen molar-refractivity contribution in [3.8, 4) is 0 Å². The fourth-order valence-corrected chi connectivity index (χ4v) is 1.95. The summed E-state index contributed by atoms with van der Waals surface area (Å²) >= 11 is 0. The summed E-state index contributed by atoms with van der Waals surface area (Å²) in [6, 6.07) is 10.3. The Hall–Kier alpha value is -2.37. The highest BCUT2D eigenvalue weighted by Gasteiger charge is 2.30. The number of hydrogen-bond acceptors (Lipinski definition) is 1. The van der Waals surface area contributed by atoms with Crippen LogP contribution >= 0.6 is 0 Å². The Morgan fingerprint density at radius 3 is 2.36 bits per heavy atom. The van der Waals surface area contributed by atoms with Crippen molar-refractivity contribution >= 4 is 5.91 Å². The van der Waals surface area contributed by atoms with Gasteiger partial charge in [0.25, 0.3) is 0 Å². The van der Waals surface area contributed by atoms with Gasteiger partial charge in [0.2, 0.25) is 5.91 Å². The lowest BCUT2D eigenvalue weighted by Gasteiger charge is -2.09. The molecular formula is C16H13F4NO. The number of rotatable bonds is 4. The zero-order chi connectivity index (χ0) is 16.2. The first-order chi connectivity index (χ1) is 10.3. The first-order valence-electron chi connectivity index (χ1n) is 6.52. The molecule has 0 bridgehead atoms. The summed E-state index contributed by atoms with van der Waals surface area (Å²) in [5.74, 6) is -0.840. The van der Waals surface area contributed by atoms with Gasteiger partial charge in [0.15, 0.2) is 0 Å². The highest BCUT2D eigenvalue weighted by molar-refractivity contribution is 5.78. The molecule has 1 amide bonds. The van der Waals surface area contributed by atoms with Gasteiger partial charge in [0.05, 0.1) is 12.0 Å². The standard InChI is InChI=1S/C16H13F4NO/c17-14-6-2-4-12(8-14)10-21-15(22)9-11-3-1-5-13(7-11)16(18,19)20/h1-8H,9-10H2,(H,21,22). The van der Waals surface area contributed by atoms with Gasteiger partial charge < -0.3 is 5.32 Å². The zero-order valence-corrected chi connectivity index (χ0v) is 11.5. The molecule has 116 valence electrons. The number of alkyl halides is 3. The van der Waals surface area contributed by atoms with Gasteiger partial charge in [0.1, 0.15) is 5.82 Å². The van der Waals surface area contributed by atoms with Crippen LogP contribution in [-0.2, 0) is 23.9 Å². The van der Waals surface area contributed by atoms with Crippen molar-refractivity contribution in [1.82, 2.24) is 5.32 Å². The molecule has 2 rings (SSSR count). The molecule has 0 fully saturated rings. The van der Waals surface area contributed by atoms with Crippen LogP contribution in [0.15, 0.2) is 48.5 Å². The normalized spacial score (nSPS) is 11.3. The lowest BCUT2D eigenvalue weighted by molar-refractivity contribution is -0.137. The third-order valence-electron chi connectivity index (χ3n) is 3.00. The highest BCUT2D eigenvalue weighted by Crippen LogP contribution is 2.29. The van der Waals surface area contributed by atoms with E-state index in [9.17, 15) is 22.4 Å². The minimum atomic E-state index is -4.44. The molecule has 2 aromatic rings. The average Bonchev–Trinajstić information content (AvgIpc) is 2.45. The van der Waals surface area contributed by atoms with E-state index in [0.29, 0.717) is 5.56 Å². The molecular weight excluding hydrogens is 298 g/mol. The van der Waals surface area contributed by atoms with Crippen LogP contribution in [-0.4, -0.2) is 5.91 Å². The quantitative estimate of drug-likeness (QED) is 0.857. The Morgan fingerprint density at radius 2 is 1.68 bits per heavy atom. The van der Waals surface area contributed by atoms with Gasteiger partial charge in [-0.1, -0.05) is 30.3 Å². The molecule has 0 saturated heterocycles. The van der Waals surface area contributed by atoms with E-state index in [1.807, 2.05) is 0 Å². The maximum Gasteiger partial charge on any atom is 0.416 e. The molecule has 1 N–H and O–H groups in total. The van der Waals surface area contributed by atoms with Crippen LogP contribution in [0.25, 0.3) is 0 Å². The molecule has 0 radical (unpaired) electrons. The predicted octanol–water partition coefficient (Wildman–Crippen LogP) is 3.70. The van der Waals surface area contributed by atoms with Crippen molar-refractivity contribution in [1.29, 1.82) is 0 Å². The van der Waals surface area contributed by atoms with E-state index < -0.39 is 23.5 Å². The first-order valence-corrected chi connectivity index (χ1v) is 6.52. The Morgan fingerprint density at radius 1 is 1.00 bits per heavy atom. The van der Waals surface area contributed by atoms with E-state index >= 15 is 0 Å². The Bertz CT molecular complexity index is 667. The van der Waals surface area contributed by atoms with Gasteiger partial charge in [-0.3, -0.25) is 4.79 Å². The fourth-order valence-electron chi connectivity index (χ4n) is 1.95. The van der Waals surface area contributed by atoms with E-state index in [0.717, 1.165) is 12.1 Å². The molecule has 0 aliphatic heterocycles. The average molecular weight is 311 g/mol. The summed E-state index contributed by atoms with van der Waals surface area (Å²) in [5, 5.41) is 2.55. The van der Waals surface area contributed by atoms with E-state index in [2.05, 4.69) is 5.32 Å². The molecule has 0 aliphatic rings. The predicted molar refractivity (Wildman–Crippen MR) is 73.4 cm³/mol. The molecule has 6 heteroatoms. The monoisotopic (exact) mass is 311 g/mol. The number of hydrogen-bond donors (Lipinski definition) is 1. The topological polar surface area (TPSA) is 29.1 Å². The summed E-state index contributed by atoms with van der Waals surface area (Å²) in [4.78, 5) is 11.7. The van der Waals surface area contributed by atoms with E-state index in [1.54, 1.807) is 6.07 Å². The minimum absolute atomic E-state index is 0.121. The second-order valence-electron chi connectivity index (χ2n) is 4.78. The number of carbonyl (C=O) groups excluding carboxylic acids is 1. The maximum absolute atomic E-state index is 13.0. The summed E-state index contributed by atoms with van der Waals surface area (Å²) in [6.07, 6.45) is -4.60. The summed E-state index contributed by atoms with van der Waals surface area (Å²) < 4.78 is 50.7. The molecule has 0 spiro atoms. The largest absolute Gasteiger partial charge is 0.416 e. The first kappa shape index (κ1) is 16.0. The second kappa shape index (κ2) is 6.60. The molecule has 0 saturated carbocycles. The summed E-state index contributed by atoms with van der Waals surface area (Å²) in [7, 11) is 0. The number of benzene rings is 2. The lowest BCUT2D eigenvalue weighted by Crippen LogP contribution is -2.24. The summed E-state index contributed by atoms with van der Waals surface area (Å²) in [6.45, 7) is 0.121. The molecule has 2 nitrogen and oxygen atoms in total. The Labute approximate surface area is 124 Å². The molecule has 0 unspecified atom stereocenters. The van der Waals surface area contributed by atoms with Crippen molar-refractivity contribution in [3.05, 3.63) is 71.0 Å². The molecule has 0 aromatic heterocycles. The number of halogens is 4. The van der Waals surface area contributed by atoms with E-state index in [1.165, 1.54) is 30.3 Å². The smallest absolute Gasteiger partial charge is 0.352 e. The summed E-state index contributed by atoms with van der Waals surface area (Å²) in [5.41, 5.74) is 0.0619. The maximum atomic E-state index is 13.0. The fraction of sp³-hybridized carbons (Fsp3) is 0.188. The number of carbonyl (C=O) groups is 1. The van der Waals surface area contributed by atoms with E-state index in [4.69, 9.17) is 0 Å². The molecule has 0 heterocycles. The molecule has 22 heavy (non-hydrogen) atoms. The van der Waals surface area contributed by atoms with Crippen molar-refractivity contribution in [3.63, 3.8) is 0 Å². The SMILES string of the molecule is O=C(Cc1cccc(C(F)(F)F)c1)NCc1cccc(F)c1. The third kappa shape index (κ3) is 4.58. The van der Waals surface area contributed by atoms with Crippen LogP contribution in [0.1, 0.15) is 16.7 Å². The second-order valence-corrected chi connectivity index (χ2v) is 4.78. The Balaban J connectivity index is 1.95. The van der Waals surface area contributed by atoms with Gasteiger partial charge in [-0.05, 0) is 29.3 Å². The number of nitrogens with one attached hydrogen (secondary N) is 1. The molecule has 0 atom stereocenters. The minimum Gasteiger partial charge on any atom is -0.352 e. The molecule has 2 aromatic carbocycles. The van der Waals surface area contributed by atoms with Crippen molar-refractivity contribution in [2.75, 3.05) is 0 Å². The lowest BCUT2D eigenvalue weighted by atomic mass is 10.1. The zero-order valence-electron chi connectivity index (χ0n) is 11.5. The van der Waals surface area contributed by atoms with E-state index in [-0.39, 0.29) is 18.5 Å². The van der Waals surface area contributed by atoms with Gasteiger partial charge >= 0.3 is 6.18 Å². The van der Waals surface area contributed by atoms with Crippen molar-refractivity contribution in [2.45, 2.75) is 19.1 Å². The van der Waals surface area contributed by atoms with Gasteiger partial charge in [-0.15, -0.1) is 0 Å². The highest BCUT2D eigenvalue weighted by atomic mass is 19.4. The molecule has 0 aliphatic carbocycles. The third-order valence-corrected chi connectivity index (χ3v) is 3.00. The Kier molecular flexibility index (Phi) is 4.80. The van der Waals surface area contributed by atoms with Crippen LogP contribution < -0.4 is 5.32 Å². The van der Waals surface area contributed by atoms with Crippen molar-refractivity contribution < 1.29 is 22.4 Å². The van der Waals surface area contributed by atoms with Gasteiger partial charge in [-0.2, -0.15) is 13.2 Å².